The lowest BCUT2D eigenvalue weighted by Crippen LogP contribution is -2.62. The van der Waals surface area contributed by atoms with Crippen molar-refractivity contribution in [3.05, 3.63) is 77.4 Å². The quantitative estimate of drug-likeness (QED) is 0.365. The third kappa shape index (κ3) is 5.13. The molecule has 0 N–H and O–H groups in total. The molecule has 208 valence electrons. The second-order valence-electron chi connectivity index (χ2n) is 10.7. The van der Waals surface area contributed by atoms with Crippen LogP contribution in [0.5, 0.6) is 0 Å². The largest absolute Gasteiger partial charge is 0.416 e. The van der Waals surface area contributed by atoms with E-state index in [1.54, 1.807) is 34.2 Å². The summed E-state index contributed by atoms with van der Waals surface area (Å²) in [5.41, 5.74) is 1.31. The number of rotatable bonds is 4. The Morgan fingerprint density at radius 3 is 2.33 bits per heavy atom. The van der Waals surface area contributed by atoms with Gasteiger partial charge in [0.1, 0.15) is 5.69 Å². The van der Waals surface area contributed by atoms with Crippen LogP contribution in [0.4, 0.5) is 13.2 Å². The molecule has 1 aliphatic rings. The van der Waals surface area contributed by atoms with Gasteiger partial charge >= 0.3 is 6.18 Å². The summed E-state index contributed by atoms with van der Waals surface area (Å²) in [6.45, 7) is 8.64. The molecule has 1 aliphatic heterocycles. The number of fused-ring (bicyclic) bond motifs is 1. The van der Waals surface area contributed by atoms with Gasteiger partial charge < -0.3 is 9.80 Å². The van der Waals surface area contributed by atoms with Crippen molar-refractivity contribution >= 4 is 17.5 Å². The molecule has 9 nitrogen and oxygen atoms in total. The number of hydrogen-bond donors (Lipinski definition) is 0. The number of carbonyl (C=O) groups is 2. The van der Waals surface area contributed by atoms with Crippen molar-refractivity contribution in [3.8, 4) is 11.3 Å². The van der Waals surface area contributed by atoms with Crippen LogP contribution in [0.15, 0.2) is 54.9 Å². The second kappa shape index (κ2) is 10.00. The Bertz CT molecular complexity index is 1560. The van der Waals surface area contributed by atoms with Crippen molar-refractivity contribution in [2.24, 2.45) is 0 Å². The van der Waals surface area contributed by atoms with Gasteiger partial charge in [0.05, 0.1) is 23.0 Å². The molecule has 0 bridgehead atoms. The summed E-state index contributed by atoms with van der Waals surface area (Å²) in [7, 11) is 0. The maximum Gasteiger partial charge on any atom is 0.416 e. The zero-order valence-corrected chi connectivity index (χ0v) is 22.5. The first-order valence-electron chi connectivity index (χ1n) is 12.8. The van der Waals surface area contributed by atoms with Gasteiger partial charge in [-0.05, 0) is 50.1 Å². The summed E-state index contributed by atoms with van der Waals surface area (Å²) in [6, 6.07) is 9.87. The first-order chi connectivity index (χ1) is 18.8. The lowest BCUT2D eigenvalue weighted by molar-refractivity contribution is -0.137. The van der Waals surface area contributed by atoms with Crippen LogP contribution in [-0.4, -0.2) is 71.6 Å². The Hall–Kier alpha value is -4.35. The standard InChI is InChI=1S/C28H28F3N7O2/c1-17(2)20-14-22(18-7-9-19(10-8-18)28(29,30)31)35-38-15-23(33-24(20)38)26(40)37-13-12-36(16-27(37,3)4)25(39)21-6-5-11-32-34-21/h5-11,14-15,17H,12-13,16H2,1-4H3. The molecular formula is C28H28F3N7O2. The molecule has 1 fully saturated rings. The minimum Gasteiger partial charge on any atom is -0.333 e. The number of piperazine rings is 1. The number of imidazole rings is 1. The molecule has 1 aromatic carbocycles. The third-order valence-corrected chi connectivity index (χ3v) is 7.03. The van der Waals surface area contributed by atoms with E-state index in [9.17, 15) is 22.8 Å². The molecule has 40 heavy (non-hydrogen) atoms. The molecule has 4 heterocycles. The normalized spacial score (nSPS) is 15.6. The van der Waals surface area contributed by atoms with E-state index in [1.165, 1.54) is 22.8 Å². The highest BCUT2D eigenvalue weighted by Gasteiger charge is 2.40. The van der Waals surface area contributed by atoms with E-state index in [2.05, 4.69) is 20.3 Å². The van der Waals surface area contributed by atoms with E-state index >= 15 is 0 Å². The summed E-state index contributed by atoms with van der Waals surface area (Å²) in [5, 5.41) is 12.2. The monoisotopic (exact) mass is 551 g/mol. The lowest BCUT2D eigenvalue weighted by Gasteiger charge is -2.46. The first kappa shape index (κ1) is 27.2. The SMILES string of the molecule is CC(C)c1cc(-c2ccc(C(F)(F)F)cc2)nn2cc(C(=O)N3CCN(C(=O)c4cccnn4)CC3(C)C)nc12. The maximum absolute atomic E-state index is 13.7. The van der Waals surface area contributed by atoms with Crippen molar-refractivity contribution in [1.29, 1.82) is 0 Å². The van der Waals surface area contributed by atoms with E-state index < -0.39 is 17.3 Å². The van der Waals surface area contributed by atoms with Gasteiger partial charge in [-0.15, -0.1) is 5.10 Å². The van der Waals surface area contributed by atoms with Gasteiger partial charge in [0.15, 0.2) is 11.3 Å². The van der Waals surface area contributed by atoms with E-state index in [0.29, 0.717) is 36.5 Å². The molecule has 1 saturated heterocycles. The molecule has 0 aliphatic carbocycles. The predicted molar refractivity (Wildman–Crippen MR) is 141 cm³/mol. The van der Waals surface area contributed by atoms with Crippen LogP contribution in [-0.2, 0) is 6.18 Å². The summed E-state index contributed by atoms with van der Waals surface area (Å²) < 4.78 is 40.6. The fourth-order valence-electron chi connectivity index (χ4n) is 4.92. The zero-order valence-electron chi connectivity index (χ0n) is 22.5. The molecule has 0 unspecified atom stereocenters. The first-order valence-corrected chi connectivity index (χ1v) is 12.8. The highest BCUT2D eigenvalue weighted by molar-refractivity contribution is 5.95. The van der Waals surface area contributed by atoms with E-state index in [4.69, 9.17) is 0 Å². The van der Waals surface area contributed by atoms with E-state index in [-0.39, 0.29) is 29.1 Å². The van der Waals surface area contributed by atoms with Crippen molar-refractivity contribution in [2.45, 2.75) is 45.3 Å². The fourth-order valence-corrected chi connectivity index (χ4v) is 4.92. The highest BCUT2D eigenvalue weighted by Crippen LogP contribution is 2.32. The molecule has 0 spiro atoms. The molecule has 0 saturated carbocycles. The number of hydrogen-bond acceptors (Lipinski definition) is 6. The van der Waals surface area contributed by atoms with Crippen LogP contribution < -0.4 is 0 Å². The van der Waals surface area contributed by atoms with Crippen LogP contribution in [0.25, 0.3) is 16.9 Å². The Morgan fingerprint density at radius 1 is 1.00 bits per heavy atom. The molecule has 2 amide bonds. The van der Waals surface area contributed by atoms with Gasteiger partial charge in [0, 0.05) is 37.0 Å². The number of nitrogens with zero attached hydrogens (tertiary/aromatic N) is 7. The molecule has 0 radical (unpaired) electrons. The molecule has 3 aromatic heterocycles. The predicted octanol–water partition coefficient (Wildman–Crippen LogP) is 4.71. The van der Waals surface area contributed by atoms with Crippen molar-refractivity contribution in [3.63, 3.8) is 0 Å². The summed E-state index contributed by atoms with van der Waals surface area (Å²) in [5.74, 6) is -0.536. The number of carbonyl (C=O) groups excluding carboxylic acids is 2. The number of alkyl halides is 3. The Kier molecular flexibility index (Phi) is 6.80. The zero-order chi connectivity index (χ0) is 28.8. The van der Waals surface area contributed by atoms with Crippen LogP contribution in [0, 0.1) is 0 Å². The lowest BCUT2D eigenvalue weighted by atomic mass is 9.98. The molecule has 0 atom stereocenters. The van der Waals surface area contributed by atoms with E-state index in [1.807, 2.05) is 27.7 Å². The summed E-state index contributed by atoms with van der Waals surface area (Å²) >= 11 is 0. The Morgan fingerprint density at radius 2 is 1.73 bits per heavy atom. The molecule has 12 heteroatoms. The average Bonchev–Trinajstić information content (AvgIpc) is 3.35. The van der Waals surface area contributed by atoms with Crippen molar-refractivity contribution in [2.75, 3.05) is 19.6 Å². The van der Waals surface area contributed by atoms with Gasteiger partial charge in [0.2, 0.25) is 0 Å². The van der Waals surface area contributed by atoms with Gasteiger partial charge in [-0.25, -0.2) is 9.50 Å². The van der Waals surface area contributed by atoms with E-state index in [0.717, 1.165) is 17.7 Å². The topological polar surface area (TPSA) is 96.6 Å². The van der Waals surface area contributed by atoms with Crippen LogP contribution in [0.2, 0.25) is 0 Å². The molecule has 4 aromatic rings. The number of amides is 2. The smallest absolute Gasteiger partial charge is 0.333 e. The maximum atomic E-state index is 13.7. The Labute approximate surface area is 228 Å². The minimum atomic E-state index is -4.43. The van der Waals surface area contributed by atoms with Gasteiger partial charge in [-0.1, -0.05) is 26.0 Å². The highest BCUT2D eigenvalue weighted by atomic mass is 19.4. The average molecular weight is 552 g/mol. The fraction of sp³-hybridized carbons (Fsp3) is 0.357. The van der Waals surface area contributed by atoms with Crippen LogP contribution in [0.1, 0.15) is 65.7 Å². The van der Waals surface area contributed by atoms with Crippen LogP contribution >= 0.6 is 0 Å². The molecular weight excluding hydrogens is 523 g/mol. The number of aromatic nitrogens is 5. The van der Waals surface area contributed by atoms with Crippen molar-refractivity contribution < 1.29 is 22.8 Å². The van der Waals surface area contributed by atoms with Gasteiger partial charge in [0.25, 0.3) is 11.8 Å². The Balaban J connectivity index is 1.43. The third-order valence-electron chi connectivity index (χ3n) is 7.03. The molecule has 5 rings (SSSR count). The van der Waals surface area contributed by atoms with Gasteiger partial charge in [-0.3, -0.25) is 9.59 Å². The number of halogens is 3. The van der Waals surface area contributed by atoms with Crippen molar-refractivity contribution in [1.82, 2.24) is 34.6 Å². The summed E-state index contributed by atoms with van der Waals surface area (Å²) in [6.07, 6.45) is -1.39. The minimum absolute atomic E-state index is 0.0103. The van der Waals surface area contributed by atoms with Gasteiger partial charge in [-0.2, -0.15) is 23.4 Å². The number of benzene rings is 1. The second-order valence-corrected chi connectivity index (χ2v) is 10.7. The summed E-state index contributed by atoms with van der Waals surface area (Å²) in [4.78, 5) is 34.6. The van der Waals surface area contributed by atoms with Crippen LogP contribution in [0.3, 0.4) is 0 Å².